The number of nitrogens with zero attached hydrogens (tertiary/aromatic N) is 3. The Balaban J connectivity index is 1.70. The van der Waals surface area contributed by atoms with Crippen LogP contribution in [0.2, 0.25) is 0 Å². The van der Waals surface area contributed by atoms with Crippen molar-refractivity contribution in [3.05, 3.63) is 0 Å². The zero-order chi connectivity index (χ0) is 15.7. The van der Waals surface area contributed by atoms with Gasteiger partial charge < -0.3 is 14.4 Å². The van der Waals surface area contributed by atoms with Crippen LogP contribution < -0.4 is 0 Å². The lowest BCUT2D eigenvalue weighted by atomic mass is 9.82. The molecule has 0 saturated carbocycles. The van der Waals surface area contributed by atoms with E-state index in [1.807, 2.05) is 4.90 Å². The predicted molar refractivity (Wildman–Crippen MR) is 83.8 cm³/mol. The quantitative estimate of drug-likeness (QED) is 0.725. The summed E-state index contributed by atoms with van der Waals surface area (Å²) in [6.45, 7) is 12.1. The second-order valence-electron chi connectivity index (χ2n) is 7.42. The Labute approximate surface area is 133 Å². The van der Waals surface area contributed by atoms with Gasteiger partial charge in [-0.05, 0) is 5.92 Å². The van der Waals surface area contributed by atoms with Gasteiger partial charge in [0.1, 0.15) is 6.61 Å². The van der Waals surface area contributed by atoms with Crippen molar-refractivity contribution in [1.82, 2.24) is 14.7 Å². The van der Waals surface area contributed by atoms with E-state index in [9.17, 15) is 4.79 Å². The summed E-state index contributed by atoms with van der Waals surface area (Å²) in [5.41, 5.74) is 0.130. The number of ether oxygens (including phenoxy) is 2. The maximum atomic E-state index is 12.3. The fourth-order valence-corrected chi connectivity index (χ4v) is 4.31. The minimum Gasteiger partial charge on any atom is -0.378 e. The molecule has 126 valence electrons. The van der Waals surface area contributed by atoms with Gasteiger partial charge >= 0.3 is 0 Å². The Morgan fingerprint density at radius 3 is 2.82 bits per heavy atom. The average molecular weight is 311 g/mol. The number of rotatable bonds is 4. The number of morpholine rings is 1. The first kappa shape index (κ1) is 16.2. The molecule has 6 heteroatoms. The summed E-state index contributed by atoms with van der Waals surface area (Å²) in [4.78, 5) is 19.4. The van der Waals surface area contributed by atoms with E-state index in [2.05, 4.69) is 23.6 Å². The van der Waals surface area contributed by atoms with E-state index in [4.69, 9.17) is 9.47 Å². The van der Waals surface area contributed by atoms with Crippen molar-refractivity contribution in [2.45, 2.75) is 25.4 Å². The van der Waals surface area contributed by atoms with Crippen LogP contribution in [0.25, 0.3) is 0 Å². The van der Waals surface area contributed by atoms with E-state index < -0.39 is 0 Å². The van der Waals surface area contributed by atoms with Crippen LogP contribution in [-0.4, -0.2) is 98.4 Å². The van der Waals surface area contributed by atoms with Crippen LogP contribution in [0.3, 0.4) is 0 Å². The van der Waals surface area contributed by atoms with Crippen LogP contribution in [0, 0.1) is 5.92 Å². The SMILES string of the molecule is COCC(=O)N1C[C@@H]2COCCN2C2(CN(CC(C)C)C2)C1. The van der Waals surface area contributed by atoms with Crippen molar-refractivity contribution >= 4 is 5.91 Å². The molecule has 22 heavy (non-hydrogen) atoms. The molecule has 1 amide bonds. The molecule has 6 nitrogen and oxygen atoms in total. The molecule has 0 N–H and O–H groups in total. The normalized spacial score (nSPS) is 28.7. The molecule has 0 aromatic carbocycles. The van der Waals surface area contributed by atoms with Gasteiger partial charge in [0.05, 0.1) is 24.8 Å². The fourth-order valence-electron chi connectivity index (χ4n) is 4.31. The number of piperazine rings is 1. The van der Waals surface area contributed by atoms with Crippen LogP contribution in [-0.2, 0) is 14.3 Å². The Morgan fingerprint density at radius 1 is 1.36 bits per heavy atom. The number of hydrogen-bond donors (Lipinski definition) is 0. The van der Waals surface area contributed by atoms with Crippen LogP contribution in [0.1, 0.15) is 13.8 Å². The van der Waals surface area contributed by atoms with E-state index in [-0.39, 0.29) is 18.1 Å². The predicted octanol–water partition coefficient (Wildman–Crippen LogP) is -0.114. The molecular weight excluding hydrogens is 282 g/mol. The summed E-state index contributed by atoms with van der Waals surface area (Å²) in [5, 5.41) is 0. The fraction of sp³-hybridized carbons (Fsp3) is 0.938. The van der Waals surface area contributed by atoms with Crippen LogP contribution >= 0.6 is 0 Å². The number of carbonyl (C=O) groups is 1. The molecule has 0 radical (unpaired) electrons. The maximum absolute atomic E-state index is 12.3. The standard InChI is InChI=1S/C16H29N3O3/c1-13(2)6-17-10-16(11-17)12-18(15(20)9-21-3)7-14-8-22-5-4-19(14)16/h13-14H,4-12H2,1-3H3/t14-/m1/s1. The lowest BCUT2D eigenvalue weighted by Gasteiger charge is -2.63. The zero-order valence-electron chi connectivity index (χ0n) is 14.1. The number of carbonyl (C=O) groups excluding carboxylic acids is 1. The highest BCUT2D eigenvalue weighted by Crippen LogP contribution is 2.35. The molecule has 3 rings (SSSR count). The molecule has 0 aromatic heterocycles. The molecule has 1 spiro atoms. The van der Waals surface area contributed by atoms with Crippen molar-refractivity contribution in [2.24, 2.45) is 5.92 Å². The first-order chi connectivity index (χ1) is 10.5. The Bertz CT molecular complexity index is 409. The number of hydrogen-bond acceptors (Lipinski definition) is 5. The van der Waals surface area contributed by atoms with Gasteiger partial charge in [0.2, 0.25) is 5.91 Å². The average Bonchev–Trinajstić information content (AvgIpc) is 2.45. The van der Waals surface area contributed by atoms with E-state index >= 15 is 0 Å². The van der Waals surface area contributed by atoms with Crippen molar-refractivity contribution in [3.63, 3.8) is 0 Å². The molecule has 3 saturated heterocycles. The lowest BCUT2D eigenvalue weighted by Crippen LogP contribution is -2.81. The van der Waals surface area contributed by atoms with Crippen LogP contribution in [0.5, 0.6) is 0 Å². The summed E-state index contributed by atoms with van der Waals surface area (Å²) in [6, 6.07) is 0.338. The lowest BCUT2D eigenvalue weighted by molar-refractivity contribution is -0.177. The summed E-state index contributed by atoms with van der Waals surface area (Å²) < 4.78 is 10.7. The van der Waals surface area contributed by atoms with E-state index in [1.54, 1.807) is 7.11 Å². The minimum atomic E-state index is 0.106. The molecule has 3 fully saturated rings. The first-order valence-electron chi connectivity index (χ1n) is 8.37. The molecular formula is C16H29N3O3. The molecule has 3 heterocycles. The first-order valence-corrected chi connectivity index (χ1v) is 8.37. The van der Waals surface area contributed by atoms with Crippen molar-refractivity contribution in [3.8, 4) is 0 Å². The van der Waals surface area contributed by atoms with E-state index in [0.29, 0.717) is 12.0 Å². The van der Waals surface area contributed by atoms with Gasteiger partial charge in [-0.1, -0.05) is 13.8 Å². The minimum absolute atomic E-state index is 0.106. The highest BCUT2D eigenvalue weighted by molar-refractivity contribution is 5.77. The van der Waals surface area contributed by atoms with Gasteiger partial charge in [0.25, 0.3) is 0 Å². The number of amides is 1. The molecule has 0 aliphatic carbocycles. The van der Waals surface area contributed by atoms with Gasteiger partial charge in [-0.25, -0.2) is 0 Å². The van der Waals surface area contributed by atoms with Gasteiger partial charge in [0, 0.05) is 46.4 Å². The molecule has 0 unspecified atom stereocenters. The second kappa shape index (κ2) is 6.43. The largest absolute Gasteiger partial charge is 0.378 e. The van der Waals surface area contributed by atoms with E-state index in [1.165, 1.54) is 0 Å². The van der Waals surface area contributed by atoms with Gasteiger partial charge in [-0.2, -0.15) is 0 Å². The summed E-state index contributed by atoms with van der Waals surface area (Å²) >= 11 is 0. The van der Waals surface area contributed by atoms with Crippen molar-refractivity contribution in [1.29, 1.82) is 0 Å². The maximum Gasteiger partial charge on any atom is 0.248 e. The molecule has 3 aliphatic rings. The van der Waals surface area contributed by atoms with Crippen molar-refractivity contribution < 1.29 is 14.3 Å². The van der Waals surface area contributed by atoms with Crippen LogP contribution in [0.4, 0.5) is 0 Å². The van der Waals surface area contributed by atoms with Gasteiger partial charge in [-0.15, -0.1) is 0 Å². The zero-order valence-corrected chi connectivity index (χ0v) is 14.1. The summed E-state index contributed by atoms with van der Waals surface area (Å²) in [5.74, 6) is 0.794. The number of likely N-dealkylation sites (tertiary alicyclic amines) is 1. The molecule has 1 atom stereocenters. The number of methoxy groups -OCH3 is 1. The topological polar surface area (TPSA) is 45.2 Å². The molecule has 3 aliphatic heterocycles. The Kier molecular flexibility index (Phi) is 4.73. The van der Waals surface area contributed by atoms with Crippen LogP contribution in [0.15, 0.2) is 0 Å². The molecule has 0 aromatic rings. The van der Waals surface area contributed by atoms with Crippen molar-refractivity contribution in [2.75, 3.05) is 66.2 Å². The third-order valence-corrected chi connectivity index (χ3v) is 5.03. The number of fused-ring (bicyclic) bond motifs is 2. The Morgan fingerprint density at radius 2 is 2.14 bits per heavy atom. The highest BCUT2D eigenvalue weighted by atomic mass is 16.5. The third-order valence-electron chi connectivity index (χ3n) is 5.03. The third kappa shape index (κ3) is 3.02. The Hall–Kier alpha value is -0.690. The smallest absolute Gasteiger partial charge is 0.248 e. The second-order valence-corrected chi connectivity index (χ2v) is 7.42. The molecule has 0 bridgehead atoms. The van der Waals surface area contributed by atoms with Gasteiger partial charge in [0.15, 0.2) is 0 Å². The summed E-state index contributed by atoms with van der Waals surface area (Å²) in [6.07, 6.45) is 0. The monoisotopic (exact) mass is 311 g/mol. The highest BCUT2D eigenvalue weighted by Gasteiger charge is 2.54. The summed E-state index contributed by atoms with van der Waals surface area (Å²) in [7, 11) is 1.58. The van der Waals surface area contributed by atoms with Gasteiger partial charge in [-0.3, -0.25) is 14.6 Å². The van der Waals surface area contributed by atoms with E-state index in [0.717, 1.165) is 52.5 Å².